The lowest BCUT2D eigenvalue weighted by molar-refractivity contribution is -0.394. The Morgan fingerprint density at radius 3 is 2.20 bits per heavy atom. The first kappa shape index (κ1) is 18.0. The van der Waals surface area contributed by atoms with E-state index in [-0.39, 0.29) is 17.7 Å². The molecular formula is C16H14FN3O5. The van der Waals surface area contributed by atoms with Crippen LogP contribution in [0.5, 0.6) is 0 Å². The third-order valence-corrected chi connectivity index (χ3v) is 3.70. The maximum Gasteiger partial charge on any atom is 0.279 e. The molecule has 0 bridgehead atoms. The number of rotatable bonds is 5. The van der Waals surface area contributed by atoms with E-state index in [1.165, 1.54) is 36.1 Å². The number of nitro benzene ring substituents is 2. The Labute approximate surface area is 141 Å². The van der Waals surface area contributed by atoms with E-state index in [4.69, 9.17) is 0 Å². The zero-order valence-corrected chi connectivity index (χ0v) is 13.4. The quantitative estimate of drug-likeness (QED) is 0.606. The summed E-state index contributed by atoms with van der Waals surface area (Å²) in [6.07, 6.45) is 0. The third-order valence-electron chi connectivity index (χ3n) is 3.70. The van der Waals surface area contributed by atoms with Gasteiger partial charge in [-0.2, -0.15) is 0 Å². The Bertz CT molecular complexity index is 852. The van der Waals surface area contributed by atoms with Crippen molar-refractivity contribution in [2.75, 3.05) is 11.4 Å². The van der Waals surface area contributed by atoms with Crippen LogP contribution in [0.3, 0.4) is 0 Å². The number of hydrogen-bond acceptors (Lipinski definition) is 5. The Morgan fingerprint density at radius 2 is 1.72 bits per heavy atom. The minimum absolute atomic E-state index is 0.0289. The first-order chi connectivity index (χ1) is 11.8. The molecule has 0 aliphatic heterocycles. The Morgan fingerprint density at radius 1 is 1.12 bits per heavy atom. The van der Waals surface area contributed by atoms with Crippen LogP contribution < -0.4 is 4.90 Å². The van der Waals surface area contributed by atoms with E-state index in [2.05, 4.69) is 0 Å². The summed E-state index contributed by atoms with van der Waals surface area (Å²) in [7, 11) is 0. The molecule has 2 aromatic rings. The lowest BCUT2D eigenvalue weighted by Gasteiger charge is -2.22. The largest absolute Gasteiger partial charge is 0.309 e. The number of carbonyl (C=O) groups is 1. The number of anilines is 1. The van der Waals surface area contributed by atoms with Crippen molar-refractivity contribution in [1.29, 1.82) is 0 Å². The van der Waals surface area contributed by atoms with Gasteiger partial charge in [0.1, 0.15) is 5.82 Å². The summed E-state index contributed by atoms with van der Waals surface area (Å²) >= 11 is 0. The molecule has 0 saturated heterocycles. The number of amides is 1. The van der Waals surface area contributed by atoms with Gasteiger partial charge in [0.2, 0.25) is 0 Å². The second kappa shape index (κ2) is 7.04. The van der Waals surface area contributed by atoms with Gasteiger partial charge in [-0.05, 0) is 38.1 Å². The monoisotopic (exact) mass is 347 g/mol. The predicted molar refractivity (Wildman–Crippen MR) is 88.2 cm³/mol. The van der Waals surface area contributed by atoms with Crippen molar-refractivity contribution in [1.82, 2.24) is 0 Å². The molecule has 0 atom stereocenters. The SMILES string of the molecule is CCN(C(=O)c1cc([N+](=O)[O-])cc([N+](=O)[O-])c1C)c1ccc(F)cc1. The molecule has 25 heavy (non-hydrogen) atoms. The minimum atomic E-state index is -0.794. The van der Waals surface area contributed by atoms with Crippen LogP contribution in [0.2, 0.25) is 0 Å². The fourth-order valence-corrected chi connectivity index (χ4v) is 2.41. The van der Waals surface area contributed by atoms with Crippen molar-refractivity contribution in [3.8, 4) is 0 Å². The average molecular weight is 347 g/mol. The highest BCUT2D eigenvalue weighted by atomic mass is 19.1. The summed E-state index contributed by atoms with van der Waals surface area (Å²) in [5.41, 5.74) is -0.792. The number of nitrogens with zero attached hydrogens (tertiary/aromatic N) is 3. The first-order valence-corrected chi connectivity index (χ1v) is 7.27. The predicted octanol–water partition coefficient (Wildman–Crippen LogP) is 3.62. The van der Waals surface area contributed by atoms with Gasteiger partial charge in [-0.1, -0.05) is 0 Å². The number of nitro groups is 2. The third kappa shape index (κ3) is 3.60. The molecule has 0 aliphatic carbocycles. The molecule has 2 aromatic carbocycles. The average Bonchev–Trinajstić information content (AvgIpc) is 2.56. The number of hydrogen-bond donors (Lipinski definition) is 0. The van der Waals surface area contributed by atoms with Gasteiger partial charge in [0.15, 0.2) is 0 Å². The van der Waals surface area contributed by atoms with Gasteiger partial charge in [0.05, 0.1) is 21.5 Å². The molecule has 9 heteroatoms. The molecule has 0 heterocycles. The lowest BCUT2D eigenvalue weighted by atomic mass is 10.0. The van der Waals surface area contributed by atoms with E-state index in [0.29, 0.717) is 5.69 Å². The van der Waals surface area contributed by atoms with Crippen LogP contribution in [0.25, 0.3) is 0 Å². The van der Waals surface area contributed by atoms with Gasteiger partial charge in [-0.15, -0.1) is 0 Å². The molecule has 8 nitrogen and oxygen atoms in total. The number of halogens is 1. The molecule has 2 rings (SSSR count). The summed E-state index contributed by atoms with van der Waals surface area (Å²) in [5.74, 6) is -1.12. The number of carbonyl (C=O) groups excluding carboxylic acids is 1. The number of benzene rings is 2. The highest BCUT2D eigenvalue weighted by Crippen LogP contribution is 2.30. The summed E-state index contributed by atoms with van der Waals surface area (Å²) in [5, 5.41) is 22.2. The molecule has 1 amide bonds. The molecule has 0 aromatic heterocycles. The molecule has 0 N–H and O–H groups in total. The van der Waals surface area contributed by atoms with E-state index in [1.807, 2.05) is 0 Å². The maximum absolute atomic E-state index is 13.1. The normalized spacial score (nSPS) is 10.4. The van der Waals surface area contributed by atoms with Crippen molar-refractivity contribution in [2.45, 2.75) is 13.8 Å². The van der Waals surface area contributed by atoms with Crippen LogP contribution in [-0.4, -0.2) is 22.3 Å². The molecule has 0 spiro atoms. The Balaban J connectivity index is 2.58. The van der Waals surface area contributed by atoms with Crippen LogP contribution >= 0.6 is 0 Å². The van der Waals surface area contributed by atoms with E-state index in [1.54, 1.807) is 6.92 Å². The molecule has 0 aliphatic rings. The molecule has 130 valence electrons. The number of non-ortho nitro benzene ring substituents is 1. The molecule has 0 radical (unpaired) electrons. The highest BCUT2D eigenvalue weighted by molar-refractivity contribution is 6.08. The van der Waals surface area contributed by atoms with Crippen molar-refractivity contribution in [3.05, 3.63) is 73.6 Å². The molecule has 0 unspecified atom stereocenters. The highest BCUT2D eigenvalue weighted by Gasteiger charge is 2.27. The molecule has 0 saturated carbocycles. The van der Waals surface area contributed by atoms with Gasteiger partial charge < -0.3 is 4.90 Å². The fourth-order valence-electron chi connectivity index (χ4n) is 2.41. The first-order valence-electron chi connectivity index (χ1n) is 7.27. The van der Waals surface area contributed by atoms with Gasteiger partial charge >= 0.3 is 0 Å². The van der Waals surface area contributed by atoms with Crippen LogP contribution in [0.1, 0.15) is 22.8 Å². The van der Waals surface area contributed by atoms with E-state index in [0.717, 1.165) is 12.1 Å². The Kier molecular flexibility index (Phi) is 5.06. The second-order valence-corrected chi connectivity index (χ2v) is 5.18. The summed E-state index contributed by atoms with van der Waals surface area (Å²) in [4.78, 5) is 34.7. The van der Waals surface area contributed by atoms with Gasteiger partial charge in [0, 0.05) is 23.9 Å². The summed E-state index contributed by atoms with van der Waals surface area (Å²) < 4.78 is 13.1. The van der Waals surface area contributed by atoms with Gasteiger partial charge in [-0.3, -0.25) is 25.0 Å². The Hall–Kier alpha value is -3.36. The molecular weight excluding hydrogens is 333 g/mol. The van der Waals surface area contributed by atoms with E-state index in [9.17, 15) is 29.4 Å². The summed E-state index contributed by atoms with van der Waals surface area (Å²) in [6, 6.07) is 6.95. The second-order valence-electron chi connectivity index (χ2n) is 5.18. The van der Waals surface area contributed by atoms with Crippen LogP contribution in [-0.2, 0) is 0 Å². The maximum atomic E-state index is 13.1. The van der Waals surface area contributed by atoms with E-state index < -0.39 is 32.9 Å². The topological polar surface area (TPSA) is 107 Å². The minimum Gasteiger partial charge on any atom is -0.309 e. The zero-order valence-electron chi connectivity index (χ0n) is 13.4. The smallest absolute Gasteiger partial charge is 0.279 e. The van der Waals surface area contributed by atoms with Crippen molar-refractivity contribution >= 4 is 23.0 Å². The van der Waals surface area contributed by atoms with Gasteiger partial charge in [0.25, 0.3) is 17.3 Å². The summed E-state index contributed by atoms with van der Waals surface area (Å²) in [6.45, 7) is 3.22. The van der Waals surface area contributed by atoms with Crippen LogP contribution in [0.4, 0.5) is 21.5 Å². The van der Waals surface area contributed by atoms with Crippen LogP contribution in [0.15, 0.2) is 36.4 Å². The standard InChI is InChI=1S/C16H14FN3O5/c1-3-18(12-6-4-11(17)5-7-12)16(21)14-8-13(19(22)23)9-15(10(14)2)20(24)25/h4-9H,3H2,1-2H3. The zero-order chi connectivity index (χ0) is 18.7. The van der Waals surface area contributed by atoms with Crippen molar-refractivity contribution in [3.63, 3.8) is 0 Å². The lowest BCUT2D eigenvalue weighted by Crippen LogP contribution is -2.31. The van der Waals surface area contributed by atoms with Gasteiger partial charge in [-0.25, -0.2) is 4.39 Å². The molecule has 0 fully saturated rings. The fraction of sp³-hybridized carbons (Fsp3) is 0.188. The van der Waals surface area contributed by atoms with E-state index >= 15 is 0 Å². The van der Waals surface area contributed by atoms with Crippen molar-refractivity contribution in [2.24, 2.45) is 0 Å². The van der Waals surface area contributed by atoms with Crippen LogP contribution in [0, 0.1) is 33.0 Å². The van der Waals surface area contributed by atoms with Crippen molar-refractivity contribution < 1.29 is 19.0 Å².